The van der Waals surface area contributed by atoms with Crippen LogP contribution in [-0.2, 0) is 14.3 Å². The van der Waals surface area contributed by atoms with E-state index in [1.807, 2.05) is 24.3 Å². The van der Waals surface area contributed by atoms with Crippen LogP contribution in [0.5, 0.6) is 0 Å². The highest BCUT2D eigenvalue weighted by Gasteiger charge is 2.15. The summed E-state index contributed by atoms with van der Waals surface area (Å²) in [5.41, 5.74) is 3.05. The summed E-state index contributed by atoms with van der Waals surface area (Å²) in [7, 11) is 1.79. The van der Waals surface area contributed by atoms with Crippen LogP contribution in [0.1, 0.15) is 17.3 Å². The molecule has 2 amide bonds. The summed E-state index contributed by atoms with van der Waals surface area (Å²) in [6.07, 6.45) is 0. The van der Waals surface area contributed by atoms with Crippen LogP contribution < -0.4 is 20.4 Å². The van der Waals surface area contributed by atoms with E-state index < -0.39 is 0 Å². The highest BCUT2D eigenvalue weighted by atomic mass is 16.5. The molecule has 1 fully saturated rings. The highest BCUT2D eigenvalue weighted by molar-refractivity contribution is 5.96. The monoisotopic (exact) mass is 425 g/mol. The number of ketones is 1. The van der Waals surface area contributed by atoms with Gasteiger partial charge in [-0.1, -0.05) is 0 Å². The first-order chi connectivity index (χ1) is 14.9. The fourth-order valence-electron chi connectivity index (χ4n) is 3.39. The molecule has 3 N–H and O–H groups in total. The van der Waals surface area contributed by atoms with Crippen molar-refractivity contribution in [1.82, 2.24) is 0 Å². The molecule has 0 spiro atoms. The maximum atomic E-state index is 12.3. The highest BCUT2D eigenvalue weighted by Crippen LogP contribution is 2.18. The van der Waals surface area contributed by atoms with E-state index in [1.54, 1.807) is 31.3 Å². The molecular weight excluding hydrogens is 396 g/mol. The molecule has 2 aromatic carbocycles. The Hall–Kier alpha value is -3.23. The van der Waals surface area contributed by atoms with Gasteiger partial charge in [0.25, 0.3) is 11.8 Å². The summed E-state index contributed by atoms with van der Waals surface area (Å²) >= 11 is 0. The van der Waals surface area contributed by atoms with Gasteiger partial charge in [0.1, 0.15) is 0 Å². The van der Waals surface area contributed by atoms with E-state index in [0.717, 1.165) is 42.6 Å². The summed E-state index contributed by atoms with van der Waals surface area (Å²) in [4.78, 5) is 38.9. The first kappa shape index (κ1) is 22.5. The van der Waals surface area contributed by atoms with Gasteiger partial charge in [-0.25, -0.2) is 0 Å². The summed E-state index contributed by atoms with van der Waals surface area (Å²) in [5.74, 6) is -0.380. The van der Waals surface area contributed by atoms with Crippen molar-refractivity contribution in [3.8, 4) is 0 Å². The fourth-order valence-corrected chi connectivity index (χ4v) is 3.39. The zero-order valence-electron chi connectivity index (χ0n) is 17.9. The standard InChI is InChI=1S/C23H28N4O4/c1-17(28)18-3-5-19(6-4-18)24-22(29)15-26(2)16-23(30)25-20-7-9-21(10-8-20)27-11-13-31-14-12-27/h3-10H,11-16H2,1-2H3,(H,24,29)(H,25,30)/p+1. The van der Waals surface area contributed by atoms with E-state index in [0.29, 0.717) is 11.3 Å². The number of benzene rings is 2. The Morgan fingerprint density at radius 1 is 0.871 bits per heavy atom. The SMILES string of the molecule is CC(=O)c1ccc(NC(=O)C[NH+](C)CC(=O)Nc2ccc(N3CCOCC3)cc2)cc1. The molecule has 3 rings (SSSR count). The second-order valence-corrected chi connectivity index (χ2v) is 7.69. The van der Waals surface area contributed by atoms with Crippen molar-refractivity contribution >= 4 is 34.7 Å². The van der Waals surface area contributed by atoms with Crippen molar-refractivity contribution < 1.29 is 24.0 Å². The number of quaternary nitrogens is 1. The molecule has 8 nitrogen and oxygen atoms in total. The van der Waals surface area contributed by atoms with Crippen LogP contribution in [0.4, 0.5) is 17.1 Å². The number of nitrogens with one attached hydrogen (secondary N) is 3. The first-order valence-electron chi connectivity index (χ1n) is 10.4. The molecule has 0 bridgehead atoms. The van der Waals surface area contributed by atoms with Gasteiger partial charge in [-0.3, -0.25) is 14.4 Å². The molecule has 0 saturated carbocycles. The molecular formula is C23H29N4O4+. The number of hydrogen-bond acceptors (Lipinski definition) is 5. The smallest absolute Gasteiger partial charge is 0.279 e. The van der Waals surface area contributed by atoms with Gasteiger partial charge in [0, 0.05) is 35.7 Å². The Morgan fingerprint density at radius 2 is 1.35 bits per heavy atom. The second kappa shape index (κ2) is 10.7. The normalized spacial score (nSPS) is 14.6. The van der Waals surface area contributed by atoms with Gasteiger partial charge in [-0.05, 0) is 55.5 Å². The fraction of sp³-hybridized carbons (Fsp3) is 0.348. The van der Waals surface area contributed by atoms with E-state index >= 15 is 0 Å². The Kier molecular flexibility index (Phi) is 7.75. The molecule has 1 heterocycles. The Bertz CT molecular complexity index is 906. The molecule has 1 aliphatic heterocycles. The quantitative estimate of drug-likeness (QED) is 0.545. The van der Waals surface area contributed by atoms with Crippen molar-refractivity contribution in [1.29, 1.82) is 0 Å². The van der Waals surface area contributed by atoms with E-state index in [4.69, 9.17) is 4.74 Å². The largest absolute Gasteiger partial charge is 0.378 e. The molecule has 1 aliphatic rings. The van der Waals surface area contributed by atoms with Crippen LogP contribution in [0.3, 0.4) is 0 Å². The number of hydrogen-bond donors (Lipinski definition) is 3. The number of likely N-dealkylation sites (N-methyl/N-ethyl adjacent to an activating group) is 1. The summed E-state index contributed by atoms with van der Waals surface area (Å²) in [6.45, 7) is 5.00. The lowest BCUT2D eigenvalue weighted by molar-refractivity contribution is -0.862. The molecule has 1 saturated heterocycles. The first-order valence-corrected chi connectivity index (χ1v) is 10.4. The van der Waals surface area contributed by atoms with Crippen molar-refractivity contribution in [3.63, 3.8) is 0 Å². The number of nitrogens with zero attached hydrogens (tertiary/aromatic N) is 1. The Balaban J connectivity index is 1.43. The van der Waals surface area contributed by atoms with Crippen molar-refractivity contribution in [2.45, 2.75) is 6.92 Å². The maximum Gasteiger partial charge on any atom is 0.279 e. The molecule has 31 heavy (non-hydrogen) atoms. The molecule has 8 heteroatoms. The van der Waals surface area contributed by atoms with Crippen LogP contribution in [0.25, 0.3) is 0 Å². The van der Waals surface area contributed by atoms with Crippen LogP contribution in [0.15, 0.2) is 48.5 Å². The van der Waals surface area contributed by atoms with Crippen LogP contribution in [-0.4, -0.2) is 64.0 Å². The number of rotatable bonds is 8. The molecule has 0 aliphatic carbocycles. The third-order valence-electron chi connectivity index (χ3n) is 5.03. The van der Waals surface area contributed by atoms with Crippen molar-refractivity contribution in [2.75, 3.05) is 62.0 Å². The predicted octanol–water partition coefficient (Wildman–Crippen LogP) is 0.818. The number of carbonyl (C=O) groups is 3. The van der Waals surface area contributed by atoms with E-state index in [1.165, 1.54) is 6.92 Å². The number of Topliss-reactive ketones (excluding diaryl/α,β-unsaturated/α-hetero) is 1. The lowest BCUT2D eigenvalue weighted by Gasteiger charge is -2.28. The molecule has 2 aromatic rings. The average Bonchev–Trinajstić information content (AvgIpc) is 2.75. The molecule has 0 radical (unpaired) electrons. The van der Waals surface area contributed by atoms with Gasteiger partial charge in [0.05, 0.1) is 20.3 Å². The number of ether oxygens (including phenoxy) is 1. The minimum Gasteiger partial charge on any atom is -0.378 e. The number of carbonyl (C=O) groups excluding carboxylic acids is 3. The molecule has 0 aromatic heterocycles. The van der Waals surface area contributed by atoms with E-state index in [9.17, 15) is 14.4 Å². The van der Waals surface area contributed by atoms with Crippen LogP contribution >= 0.6 is 0 Å². The zero-order valence-corrected chi connectivity index (χ0v) is 17.9. The molecule has 1 unspecified atom stereocenters. The third-order valence-corrected chi connectivity index (χ3v) is 5.03. The van der Waals surface area contributed by atoms with Crippen LogP contribution in [0.2, 0.25) is 0 Å². The van der Waals surface area contributed by atoms with Gasteiger partial charge in [0.2, 0.25) is 0 Å². The zero-order chi connectivity index (χ0) is 22.2. The Labute approximate surface area is 182 Å². The van der Waals surface area contributed by atoms with Crippen molar-refractivity contribution in [2.24, 2.45) is 0 Å². The number of anilines is 3. The average molecular weight is 426 g/mol. The van der Waals surface area contributed by atoms with Gasteiger partial charge in [-0.15, -0.1) is 0 Å². The van der Waals surface area contributed by atoms with Gasteiger partial charge >= 0.3 is 0 Å². The summed E-state index contributed by atoms with van der Waals surface area (Å²) < 4.78 is 5.37. The second-order valence-electron chi connectivity index (χ2n) is 7.69. The van der Waals surface area contributed by atoms with Crippen molar-refractivity contribution in [3.05, 3.63) is 54.1 Å². The van der Waals surface area contributed by atoms with E-state index in [-0.39, 0.29) is 30.7 Å². The Morgan fingerprint density at radius 3 is 1.84 bits per heavy atom. The van der Waals surface area contributed by atoms with Gasteiger partial charge in [-0.2, -0.15) is 0 Å². The van der Waals surface area contributed by atoms with Gasteiger partial charge in [0.15, 0.2) is 18.9 Å². The summed E-state index contributed by atoms with van der Waals surface area (Å²) in [6, 6.07) is 14.5. The maximum absolute atomic E-state index is 12.3. The van der Waals surface area contributed by atoms with Crippen LogP contribution in [0, 0.1) is 0 Å². The lowest BCUT2D eigenvalue weighted by atomic mass is 10.1. The molecule has 1 atom stereocenters. The minimum absolute atomic E-state index is 0.0243. The number of amides is 2. The molecule has 164 valence electrons. The lowest BCUT2D eigenvalue weighted by Crippen LogP contribution is -3.11. The summed E-state index contributed by atoms with van der Waals surface area (Å²) in [5, 5.41) is 5.66. The topological polar surface area (TPSA) is 92.2 Å². The van der Waals surface area contributed by atoms with E-state index in [2.05, 4.69) is 15.5 Å². The predicted molar refractivity (Wildman–Crippen MR) is 120 cm³/mol. The third kappa shape index (κ3) is 6.91. The van der Waals surface area contributed by atoms with Gasteiger partial charge < -0.3 is 25.2 Å². The minimum atomic E-state index is -0.198. The number of morpholine rings is 1.